The molecule has 0 spiro atoms. The summed E-state index contributed by atoms with van der Waals surface area (Å²) in [6, 6.07) is -1.12. The number of aliphatic hydroxyl groups is 6. The zero-order valence-corrected chi connectivity index (χ0v) is 34.4. The molecule has 13 unspecified atom stereocenters. The first-order valence-corrected chi connectivity index (χ1v) is 21.0. The van der Waals surface area contributed by atoms with E-state index in [-0.39, 0.29) is 37.9 Å². The van der Waals surface area contributed by atoms with Crippen molar-refractivity contribution >= 4 is 33.9 Å². The van der Waals surface area contributed by atoms with E-state index < -0.39 is 126 Å². The van der Waals surface area contributed by atoms with Gasteiger partial charge in [-0.15, -0.1) is 0 Å². The summed E-state index contributed by atoms with van der Waals surface area (Å²) in [5.41, 5.74) is 5.94. The van der Waals surface area contributed by atoms with Gasteiger partial charge < -0.3 is 55.7 Å². The average molecular weight is 866 g/mol. The van der Waals surface area contributed by atoms with Crippen LogP contribution < -0.4 is 5.73 Å². The molecule has 19 nitrogen and oxygen atoms in total. The van der Waals surface area contributed by atoms with Crippen molar-refractivity contribution in [3.8, 4) is 0 Å². The van der Waals surface area contributed by atoms with Crippen molar-refractivity contribution in [2.75, 3.05) is 0 Å². The Bertz CT molecular complexity index is 1520. The molecule has 0 saturated carbocycles. The third-order valence-electron chi connectivity index (χ3n) is 9.64. The molecule has 338 valence electrons. The summed E-state index contributed by atoms with van der Waals surface area (Å²) < 4.78 is 48.8. The van der Waals surface area contributed by atoms with Crippen molar-refractivity contribution in [3.05, 3.63) is 48.6 Å². The number of rotatable bonds is 6. The molecule has 13 atom stereocenters. The van der Waals surface area contributed by atoms with Crippen LogP contribution in [0.2, 0.25) is 0 Å². The Balaban J connectivity index is 0.00000327. The van der Waals surface area contributed by atoms with Gasteiger partial charge in [-0.05, 0) is 32.6 Å². The molecule has 11 N–H and O–H groups in total. The average Bonchev–Trinajstić information content (AvgIpc) is 3.11. The minimum Gasteiger partial charge on any atom is -0.481 e. The maximum Gasteiger partial charge on any atom is 0.394 e. The molecule has 0 aliphatic carbocycles. The zero-order valence-electron chi connectivity index (χ0n) is 33.6. The molecular weight excluding hydrogens is 802 g/mol. The molecule has 0 aromatic rings. The van der Waals surface area contributed by atoms with Gasteiger partial charge in [-0.1, -0.05) is 68.9 Å². The van der Waals surface area contributed by atoms with Gasteiger partial charge in [-0.2, -0.15) is 8.42 Å². The lowest BCUT2D eigenvalue weighted by molar-refractivity contribution is -0.277. The Morgan fingerprint density at radius 3 is 2.05 bits per heavy atom. The van der Waals surface area contributed by atoms with Crippen molar-refractivity contribution in [1.29, 1.82) is 0 Å². The van der Waals surface area contributed by atoms with Gasteiger partial charge in [-0.25, -0.2) is 0 Å². The second-order valence-electron chi connectivity index (χ2n) is 14.6. The van der Waals surface area contributed by atoms with Gasteiger partial charge in [0.25, 0.3) is 0 Å². The summed E-state index contributed by atoms with van der Waals surface area (Å²) >= 11 is 0. The first-order valence-electron chi connectivity index (χ1n) is 19.6. The van der Waals surface area contributed by atoms with Crippen molar-refractivity contribution in [1.82, 2.24) is 0 Å². The van der Waals surface area contributed by atoms with Crippen LogP contribution in [0.5, 0.6) is 0 Å². The predicted molar refractivity (Wildman–Crippen MR) is 211 cm³/mol. The molecule has 2 aliphatic rings. The highest BCUT2D eigenvalue weighted by Gasteiger charge is 2.43. The number of carbonyl (C=O) groups excluding carboxylic acids is 3. The monoisotopic (exact) mass is 865 g/mol. The second-order valence-corrected chi connectivity index (χ2v) is 15.5. The number of carbonyl (C=O) groups is 4. The Hall–Kier alpha value is -3.25. The van der Waals surface area contributed by atoms with Crippen LogP contribution in [0.3, 0.4) is 0 Å². The predicted octanol–water partition coefficient (Wildman–Crippen LogP) is 0.893. The summed E-state index contributed by atoms with van der Waals surface area (Å²) in [6.45, 7) is 5.21. The zero-order chi connectivity index (χ0) is 44.9. The molecule has 1 fully saturated rings. The van der Waals surface area contributed by atoms with E-state index in [1.165, 1.54) is 13.0 Å². The highest BCUT2D eigenvalue weighted by Crippen LogP contribution is 2.26. The van der Waals surface area contributed by atoms with E-state index in [1.807, 2.05) is 13.0 Å². The number of carboxylic acid groups (broad SMARTS) is 1. The third kappa shape index (κ3) is 21.7. The molecular formula is C39H63NO18S. The molecule has 2 aliphatic heterocycles. The van der Waals surface area contributed by atoms with E-state index in [1.54, 1.807) is 43.4 Å². The topological polar surface area (TPSA) is 338 Å². The van der Waals surface area contributed by atoms with Gasteiger partial charge in [-0.3, -0.25) is 28.3 Å². The number of hydrogen-bond donors (Lipinski definition) is 10. The van der Waals surface area contributed by atoms with Gasteiger partial charge in [0.05, 0.1) is 54.7 Å². The van der Waals surface area contributed by atoms with Crippen molar-refractivity contribution in [2.45, 2.75) is 159 Å². The fraction of sp³-hybridized carbons (Fsp3) is 0.692. The summed E-state index contributed by atoms with van der Waals surface area (Å²) in [5.74, 6) is -5.91. The number of aliphatic hydroxyl groups excluding tert-OH is 6. The molecule has 2 rings (SSSR count). The molecule has 0 amide bonds. The van der Waals surface area contributed by atoms with Crippen LogP contribution in [0.25, 0.3) is 0 Å². The first-order chi connectivity index (χ1) is 27.6. The molecule has 20 heteroatoms. The highest BCUT2D eigenvalue weighted by molar-refractivity contribution is 7.79. The fourth-order valence-electron chi connectivity index (χ4n) is 6.47. The lowest BCUT2D eigenvalue weighted by Gasteiger charge is -2.41. The maximum absolute atomic E-state index is 13.0. The lowest BCUT2D eigenvalue weighted by atomic mass is 9.88. The first kappa shape index (κ1) is 53.8. The van der Waals surface area contributed by atoms with Crippen LogP contribution in [0.4, 0.5) is 0 Å². The fourth-order valence-corrected chi connectivity index (χ4v) is 6.47. The minimum atomic E-state index is -4.67. The quantitative estimate of drug-likeness (QED) is 0.131. The lowest BCUT2D eigenvalue weighted by Crippen LogP contribution is -2.61. The van der Waals surface area contributed by atoms with E-state index >= 15 is 0 Å². The number of aliphatic carboxylic acids is 1. The maximum atomic E-state index is 13.0. The van der Waals surface area contributed by atoms with Gasteiger partial charge in [0, 0.05) is 38.5 Å². The van der Waals surface area contributed by atoms with Crippen LogP contribution in [0, 0.1) is 11.8 Å². The number of ketones is 2. The summed E-state index contributed by atoms with van der Waals surface area (Å²) in [4.78, 5) is 50.6. The minimum absolute atomic E-state index is 0.0261. The van der Waals surface area contributed by atoms with Crippen LogP contribution in [0.15, 0.2) is 48.6 Å². The Morgan fingerprint density at radius 1 is 0.864 bits per heavy atom. The van der Waals surface area contributed by atoms with E-state index in [9.17, 15) is 54.9 Å². The van der Waals surface area contributed by atoms with Gasteiger partial charge in [0.15, 0.2) is 6.29 Å². The van der Waals surface area contributed by atoms with Crippen LogP contribution in [-0.2, 0) is 43.8 Å². The van der Waals surface area contributed by atoms with Gasteiger partial charge in [0.2, 0.25) is 0 Å². The number of hydrogen-bond acceptors (Lipinski definition) is 16. The number of cyclic esters (lactones) is 1. The molecule has 1 saturated heterocycles. The number of ether oxygens (including phenoxy) is 3. The SMILES string of the molecule is CCCC1C/C=C/C=C/C=C/C=C/C(OC2OC(C)C(O)C(N)C2O)CC(O)C(C(=O)O)C(O)CC(=O)CC(O)CCCC(=O)CC(O)C(CC)C(=O)O1.O=S(=O)(O)O. The van der Waals surface area contributed by atoms with Crippen molar-refractivity contribution in [2.24, 2.45) is 17.6 Å². The molecule has 0 bridgehead atoms. The Kier molecular flexibility index (Phi) is 25.1. The number of carboxylic acids is 1. The standard InChI is InChI=1S/C39H61NO14.H2O4S/c1-4-14-27-17-11-9-7-6-8-10-12-18-28(54-39-36(48)34(40)35(47)23(3)52-39)22-32(46)33(37(49)50)31(45)21-26(43)19-24(41)15-13-16-25(42)20-30(44)29(5-2)38(51)53-27;1-5(2,3)4/h6-12,18,23-24,27-36,39,41,44-48H,4-5,13-17,19-22,40H2,1-3H3,(H,49,50);(H2,1,2,3,4)/b7-6+,10-8+,11-9+,18-12+;. The van der Waals surface area contributed by atoms with E-state index in [0.29, 0.717) is 12.8 Å². The van der Waals surface area contributed by atoms with E-state index in [4.69, 9.17) is 37.5 Å². The summed E-state index contributed by atoms with van der Waals surface area (Å²) in [6.07, 6.45) is 1.33. The number of Topliss-reactive ketones (excluding diaryl/α,β-unsaturated/α-hetero) is 2. The van der Waals surface area contributed by atoms with Crippen LogP contribution in [0.1, 0.15) is 91.4 Å². The molecule has 0 radical (unpaired) electrons. The molecule has 0 aromatic carbocycles. The van der Waals surface area contributed by atoms with Gasteiger partial charge in [0.1, 0.15) is 29.7 Å². The third-order valence-corrected chi connectivity index (χ3v) is 9.64. The number of nitrogens with two attached hydrogens (primary N) is 1. The summed E-state index contributed by atoms with van der Waals surface area (Å²) in [7, 11) is -4.67. The van der Waals surface area contributed by atoms with E-state index in [2.05, 4.69) is 0 Å². The van der Waals surface area contributed by atoms with E-state index in [0.717, 1.165) is 6.42 Å². The summed E-state index contributed by atoms with van der Waals surface area (Å²) in [5, 5.41) is 73.7. The molecule has 59 heavy (non-hydrogen) atoms. The molecule has 2 heterocycles. The van der Waals surface area contributed by atoms with Crippen molar-refractivity contribution in [3.63, 3.8) is 0 Å². The van der Waals surface area contributed by atoms with Crippen LogP contribution in [-0.4, -0.2) is 144 Å². The molecule has 0 aromatic heterocycles. The Morgan fingerprint density at radius 2 is 1.46 bits per heavy atom. The number of esters is 1. The second kappa shape index (κ2) is 27.6. The van der Waals surface area contributed by atoms with Crippen molar-refractivity contribution < 1.29 is 86.7 Å². The normalized spacial score (nSPS) is 36.7. The smallest absolute Gasteiger partial charge is 0.394 e. The van der Waals surface area contributed by atoms with Crippen LogP contribution >= 0.6 is 0 Å². The van der Waals surface area contributed by atoms with Gasteiger partial charge >= 0.3 is 22.3 Å². The Labute approximate surface area is 344 Å². The number of allylic oxidation sites excluding steroid dienone is 6. The largest absolute Gasteiger partial charge is 0.481 e. The highest BCUT2D eigenvalue weighted by atomic mass is 32.3.